The molecule has 1 saturated heterocycles. The summed E-state index contributed by atoms with van der Waals surface area (Å²) in [6.45, 7) is 0. The van der Waals surface area contributed by atoms with Crippen molar-refractivity contribution >= 4 is 46.4 Å². The lowest BCUT2D eigenvalue weighted by atomic mass is 9.44. The number of phenols is 1. The van der Waals surface area contributed by atoms with Gasteiger partial charge in [0.1, 0.15) is 17.2 Å². The number of carbonyl (C=O) groups excluding carboxylic acids is 4. The fourth-order valence-electron chi connectivity index (χ4n) is 9.30. The number of ketones is 2. The molecule has 1 aromatic heterocycles. The highest BCUT2D eigenvalue weighted by Crippen LogP contribution is 2.64. The van der Waals surface area contributed by atoms with Gasteiger partial charge < -0.3 is 9.84 Å². The predicted octanol–water partition coefficient (Wildman–Crippen LogP) is 7.34. The Kier molecular flexibility index (Phi) is 8.71. The minimum Gasteiger partial charge on any atom is -0.508 e. The number of aromatic hydroxyl groups is 1. The molecule has 55 heavy (non-hydrogen) atoms. The third kappa shape index (κ3) is 5.48. The topological polar surface area (TPSA) is 117 Å². The van der Waals surface area contributed by atoms with Gasteiger partial charge in [-0.25, -0.2) is 4.98 Å². The summed E-state index contributed by atoms with van der Waals surface area (Å²) in [5.41, 5.74) is -0.682. The summed E-state index contributed by atoms with van der Waals surface area (Å²) in [5, 5.41) is 13.1. The number of amides is 2. The molecular formula is C42H33ClF3N3O6. The van der Waals surface area contributed by atoms with Crippen LogP contribution in [0, 0.1) is 23.7 Å². The molecule has 2 heterocycles. The van der Waals surface area contributed by atoms with Crippen molar-refractivity contribution in [2.24, 2.45) is 23.7 Å². The number of phenolic OH excluding ortho intramolecular Hbond substituents is 1. The van der Waals surface area contributed by atoms with Gasteiger partial charge >= 0.3 is 6.18 Å². The summed E-state index contributed by atoms with van der Waals surface area (Å²) in [6, 6.07) is 24.0. The molecule has 0 spiro atoms. The van der Waals surface area contributed by atoms with Crippen molar-refractivity contribution in [3.05, 3.63) is 136 Å². The molecule has 280 valence electrons. The number of hydrogen-bond donors (Lipinski definition) is 1. The number of aromatic nitrogens is 1. The number of carbonyl (C=O) groups is 4. The summed E-state index contributed by atoms with van der Waals surface area (Å²) < 4.78 is 46.7. The van der Waals surface area contributed by atoms with Crippen LogP contribution in [0.5, 0.6) is 11.5 Å². The van der Waals surface area contributed by atoms with E-state index in [4.69, 9.17) is 16.3 Å². The molecule has 2 amide bonds. The van der Waals surface area contributed by atoms with Gasteiger partial charge in [-0.05, 0) is 66.3 Å². The van der Waals surface area contributed by atoms with Crippen molar-refractivity contribution in [3.8, 4) is 11.5 Å². The Morgan fingerprint density at radius 2 is 1.62 bits per heavy atom. The van der Waals surface area contributed by atoms with Gasteiger partial charge in [-0.1, -0.05) is 83.9 Å². The number of imide groups is 1. The van der Waals surface area contributed by atoms with Gasteiger partial charge in [0.25, 0.3) is 11.8 Å². The molecular weight excluding hydrogens is 735 g/mol. The Balaban J connectivity index is 1.32. The Morgan fingerprint density at radius 1 is 0.927 bits per heavy atom. The number of allylic oxidation sites excluding steroid dienone is 4. The first-order valence-corrected chi connectivity index (χ1v) is 18.0. The number of halogens is 4. The lowest BCUT2D eigenvalue weighted by Crippen LogP contribution is -2.59. The molecule has 6 atom stereocenters. The zero-order chi connectivity index (χ0) is 39.0. The van der Waals surface area contributed by atoms with Gasteiger partial charge in [0, 0.05) is 30.0 Å². The van der Waals surface area contributed by atoms with Crippen LogP contribution in [0.25, 0.3) is 5.57 Å². The number of nitrogens with zero attached hydrogens (tertiary/aromatic N) is 3. The first kappa shape index (κ1) is 36.2. The van der Waals surface area contributed by atoms with Crippen LogP contribution in [0.4, 0.5) is 19.0 Å². The SMILES string of the molecule is COc1ccc(O)c(C2C3=CCC4C(=O)N(N(C)c5nc(C(F)(F)F)ccc5Cl)C(=O)C4C3CC3C(=O)C(c4ccccc4)=CC(=O)C32c2ccccc2)c1. The second-order valence-corrected chi connectivity index (χ2v) is 14.6. The maximum absolute atomic E-state index is 15.2. The van der Waals surface area contributed by atoms with E-state index in [0.717, 1.165) is 16.1 Å². The van der Waals surface area contributed by atoms with E-state index in [0.29, 0.717) is 34.1 Å². The van der Waals surface area contributed by atoms with E-state index in [1.54, 1.807) is 72.8 Å². The quantitative estimate of drug-likeness (QED) is 0.160. The number of hydrazine groups is 1. The number of Topliss-reactive ketones (excluding diaryl/α,β-unsaturated/α-hetero) is 1. The molecule has 13 heteroatoms. The molecule has 1 saturated carbocycles. The average Bonchev–Trinajstić information content (AvgIpc) is 3.44. The van der Waals surface area contributed by atoms with E-state index in [1.807, 2.05) is 6.08 Å². The highest BCUT2D eigenvalue weighted by atomic mass is 35.5. The van der Waals surface area contributed by atoms with Crippen LogP contribution >= 0.6 is 11.6 Å². The molecule has 8 rings (SSSR count). The van der Waals surface area contributed by atoms with E-state index < -0.39 is 64.5 Å². The number of anilines is 1. The molecule has 4 aromatic rings. The molecule has 6 unspecified atom stereocenters. The van der Waals surface area contributed by atoms with Gasteiger partial charge in [-0.15, -0.1) is 0 Å². The van der Waals surface area contributed by atoms with Crippen LogP contribution in [-0.4, -0.2) is 52.6 Å². The van der Waals surface area contributed by atoms with Crippen LogP contribution in [0.3, 0.4) is 0 Å². The highest BCUT2D eigenvalue weighted by molar-refractivity contribution is 6.33. The summed E-state index contributed by atoms with van der Waals surface area (Å²) in [7, 11) is 2.71. The van der Waals surface area contributed by atoms with E-state index in [9.17, 15) is 27.9 Å². The van der Waals surface area contributed by atoms with E-state index in [1.165, 1.54) is 26.3 Å². The minimum absolute atomic E-state index is 0.0169. The van der Waals surface area contributed by atoms with Crippen LogP contribution in [0.1, 0.15) is 41.1 Å². The van der Waals surface area contributed by atoms with Crippen molar-refractivity contribution in [2.75, 3.05) is 19.2 Å². The fraction of sp³-hybridized carbons (Fsp3) is 0.262. The molecule has 2 fully saturated rings. The molecule has 1 aliphatic heterocycles. The zero-order valence-electron chi connectivity index (χ0n) is 29.5. The maximum atomic E-state index is 15.2. The first-order chi connectivity index (χ1) is 26.3. The molecule has 1 N–H and O–H groups in total. The van der Waals surface area contributed by atoms with Crippen LogP contribution < -0.4 is 9.75 Å². The summed E-state index contributed by atoms with van der Waals surface area (Å²) in [6.07, 6.45) is -1.60. The lowest BCUT2D eigenvalue weighted by molar-refractivity contribution is -0.141. The molecule has 3 aliphatic carbocycles. The molecule has 9 nitrogen and oxygen atoms in total. The highest BCUT2D eigenvalue weighted by Gasteiger charge is 2.66. The Hall–Kier alpha value is -5.75. The fourth-order valence-corrected chi connectivity index (χ4v) is 9.53. The Labute approximate surface area is 318 Å². The number of benzene rings is 3. The Bertz CT molecular complexity index is 2330. The van der Waals surface area contributed by atoms with Crippen molar-refractivity contribution in [3.63, 3.8) is 0 Å². The zero-order valence-corrected chi connectivity index (χ0v) is 30.2. The van der Waals surface area contributed by atoms with Crippen LogP contribution in [0.2, 0.25) is 5.02 Å². The van der Waals surface area contributed by atoms with Crippen LogP contribution in [-0.2, 0) is 30.8 Å². The van der Waals surface area contributed by atoms with Crippen molar-refractivity contribution in [2.45, 2.75) is 30.4 Å². The molecule has 3 aromatic carbocycles. The second kappa shape index (κ2) is 13.2. The molecule has 4 aliphatic rings. The van der Waals surface area contributed by atoms with Crippen molar-refractivity contribution in [1.29, 1.82) is 0 Å². The second-order valence-electron chi connectivity index (χ2n) is 14.2. The van der Waals surface area contributed by atoms with Crippen LogP contribution in [0.15, 0.2) is 109 Å². The molecule has 0 radical (unpaired) electrons. The smallest absolute Gasteiger partial charge is 0.433 e. The minimum atomic E-state index is -4.82. The summed E-state index contributed by atoms with van der Waals surface area (Å²) in [4.78, 5) is 62.8. The summed E-state index contributed by atoms with van der Waals surface area (Å²) in [5.74, 6) is -7.21. The van der Waals surface area contributed by atoms with Gasteiger partial charge in [0.15, 0.2) is 17.4 Å². The van der Waals surface area contributed by atoms with Gasteiger partial charge in [0.2, 0.25) is 0 Å². The third-order valence-corrected chi connectivity index (χ3v) is 11.9. The predicted molar refractivity (Wildman–Crippen MR) is 196 cm³/mol. The summed E-state index contributed by atoms with van der Waals surface area (Å²) >= 11 is 6.31. The monoisotopic (exact) mass is 767 g/mol. The average molecular weight is 768 g/mol. The standard InChI is InChI=1S/C42H33ClF3N3O6/c1-48(38-31(43)16-18-33(47-38)42(44,45)46)49-39(53)26-15-14-25-28(35(26)40(49)54)20-30-37(52)27(22-9-5-3-6-10-22)21-34(51)41(30,23-11-7-4-8-12-23)36(25)29-19-24(55-2)13-17-32(29)50/h3-14,16-19,21,26,28,30,35-36,50H,15,20H2,1-2H3. The van der Waals surface area contributed by atoms with E-state index in [-0.39, 0.29) is 40.8 Å². The number of rotatable bonds is 6. The lowest BCUT2D eigenvalue weighted by Gasteiger charge is -2.55. The van der Waals surface area contributed by atoms with E-state index >= 15 is 9.59 Å². The first-order valence-electron chi connectivity index (χ1n) is 17.6. The normalized spacial score (nSPS) is 26.1. The van der Waals surface area contributed by atoms with Gasteiger partial charge in [0.05, 0.1) is 29.4 Å². The van der Waals surface area contributed by atoms with Crippen molar-refractivity contribution < 1.29 is 42.2 Å². The molecule has 0 bridgehead atoms. The number of methoxy groups -OCH3 is 1. The van der Waals surface area contributed by atoms with Crippen molar-refractivity contribution in [1.82, 2.24) is 9.99 Å². The number of alkyl halides is 3. The number of ether oxygens (including phenoxy) is 1. The third-order valence-electron chi connectivity index (χ3n) is 11.6. The van der Waals surface area contributed by atoms with Gasteiger partial charge in [-0.2, -0.15) is 18.2 Å². The number of pyridine rings is 1. The number of hydrogen-bond acceptors (Lipinski definition) is 8. The maximum Gasteiger partial charge on any atom is 0.433 e. The van der Waals surface area contributed by atoms with Gasteiger partial charge in [-0.3, -0.25) is 24.2 Å². The number of fused-ring (bicyclic) bond motifs is 4. The largest absolute Gasteiger partial charge is 0.508 e. The van der Waals surface area contributed by atoms with E-state index in [2.05, 4.69) is 4.98 Å². The Morgan fingerprint density at radius 3 is 2.29 bits per heavy atom.